The van der Waals surface area contributed by atoms with Gasteiger partial charge in [0.15, 0.2) is 5.58 Å². The lowest BCUT2D eigenvalue weighted by molar-refractivity contribution is -0.113. The number of methoxy groups -OCH3 is 2. The summed E-state index contributed by atoms with van der Waals surface area (Å²) in [4.78, 5) is 17.1. The van der Waals surface area contributed by atoms with Gasteiger partial charge in [0.1, 0.15) is 17.0 Å². The zero-order valence-electron chi connectivity index (χ0n) is 21.7. The average Bonchev–Trinajstić information content (AvgIpc) is 3.29. The lowest BCUT2D eigenvalue weighted by atomic mass is 9.87. The fourth-order valence-corrected chi connectivity index (χ4v) is 5.29. The quantitative estimate of drug-likeness (QED) is 0.253. The molecule has 9 nitrogen and oxygen atoms in total. The first-order valence-corrected chi connectivity index (χ1v) is 14.1. The highest BCUT2D eigenvalue weighted by molar-refractivity contribution is 7.99. The predicted molar refractivity (Wildman–Crippen MR) is 149 cm³/mol. The van der Waals surface area contributed by atoms with E-state index in [0.29, 0.717) is 34.0 Å². The number of carbonyl (C=O) groups is 1. The van der Waals surface area contributed by atoms with Crippen molar-refractivity contribution in [1.29, 1.82) is 0 Å². The third kappa shape index (κ3) is 6.40. The van der Waals surface area contributed by atoms with Gasteiger partial charge < -0.3 is 19.2 Å². The average molecular weight is 556 g/mol. The molecular weight excluding hydrogens is 526 g/mol. The number of thioether (sulfide) groups is 1. The van der Waals surface area contributed by atoms with Crippen molar-refractivity contribution in [2.24, 2.45) is 0 Å². The summed E-state index contributed by atoms with van der Waals surface area (Å²) in [5, 5.41) is 3.14. The Bertz CT molecular complexity index is 1560. The number of ether oxygens (including phenoxy) is 2. The number of benzene rings is 3. The van der Waals surface area contributed by atoms with Gasteiger partial charge in [-0.05, 0) is 65.6 Å². The first-order chi connectivity index (χ1) is 18.0. The Morgan fingerprint density at radius 1 is 1.00 bits per heavy atom. The molecule has 0 atom stereocenters. The lowest BCUT2D eigenvalue weighted by Crippen LogP contribution is -2.17. The van der Waals surface area contributed by atoms with Crippen LogP contribution in [0.3, 0.4) is 0 Å². The van der Waals surface area contributed by atoms with Crippen molar-refractivity contribution in [2.45, 2.75) is 36.3 Å². The van der Waals surface area contributed by atoms with E-state index in [1.54, 1.807) is 31.4 Å². The number of carbonyl (C=O) groups excluding carboxylic acids is 1. The number of amides is 1. The van der Waals surface area contributed by atoms with Gasteiger partial charge in [-0.25, -0.2) is 13.4 Å². The number of hydrogen-bond acceptors (Lipinski definition) is 8. The summed E-state index contributed by atoms with van der Waals surface area (Å²) in [6, 6.07) is 16.7. The van der Waals surface area contributed by atoms with E-state index in [0.717, 1.165) is 17.3 Å². The van der Waals surface area contributed by atoms with E-state index in [4.69, 9.17) is 13.9 Å². The van der Waals surface area contributed by atoms with Crippen LogP contribution in [0.1, 0.15) is 26.3 Å². The monoisotopic (exact) mass is 555 g/mol. The second-order valence-corrected chi connectivity index (χ2v) is 12.1. The van der Waals surface area contributed by atoms with Crippen molar-refractivity contribution < 1.29 is 27.1 Å². The summed E-state index contributed by atoms with van der Waals surface area (Å²) in [5.74, 6) is 0.969. The zero-order valence-corrected chi connectivity index (χ0v) is 23.3. The molecule has 200 valence electrons. The number of aromatic nitrogens is 1. The van der Waals surface area contributed by atoms with Crippen LogP contribution < -0.4 is 19.5 Å². The van der Waals surface area contributed by atoms with Crippen LogP contribution in [0.4, 0.5) is 11.4 Å². The van der Waals surface area contributed by atoms with Crippen LogP contribution in [0.5, 0.6) is 11.5 Å². The molecule has 0 fully saturated rings. The molecule has 0 saturated heterocycles. The third-order valence-corrected chi connectivity index (χ3v) is 7.87. The maximum Gasteiger partial charge on any atom is 0.261 e. The van der Waals surface area contributed by atoms with Crippen LogP contribution in [-0.2, 0) is 20.2 Å². The summed E-state index contributed by atoms with van der Waals surface area (Å²) in [6.07, 6.45) is 0. The smallest absolute Gasteiger partial charge is 0.261 e. The molecule has 4 aromatic rings. The van der Waals surface area contributed by atoms with Crippen LogP contribution in [0.15, 0.2) is 75.2 Å². The minimum atomic E-state index is -3.85. The highest BCUT2D eigenvalue weighted by atomic mass is 32.2. The minimum absolute atomic E-state index is 0.0363. The van der Waals surface area contributed by atoms with Crippen molar-refractivity contribution in [3.05, 3.63) is 66.2 Å². The molecule has 0 saturated carbocycles. The fraction of sp³-hybridized carbons (Fsp3) is 0.259. The van der Waals surface area contributed by atoms with Gasteiger partial charge in [-0.2, -0.15) is 0 Å². The van der Waals surface area contributed by atoms with Gasteiger partial charge in [0.25, 0.3) is 15.2 Å². The van der Waals surface area contributed by atoms with Crippen LogP contribution >= 0.6 is 11.8 Å². The Balaban J connectivity index is 1.44. The molecule has 1 heterocycles. The molecule has 38 heavy (non-hydrogen) atoms. The highest BCUT2D eigenvalue weighted by Crippen LogP contribution is 2.32. The summed E-state index contributed by atoms with van der Waals surface area (Å²) >= 11 is 1.11. The fourth-order valence-electron chi connectivity index (χ4n) is 3.57. The molecular formula is C27H29N3O6S2. The Morgan fingerprint density at radius 3 is 2.39 bits per heavy atom. The molecule has 0 radical (unpaired) electrons. The number of nitrogens with one attached hydrogen (secondary N) is 2. The van der Waals surface area contributed by atoms with Crippen LogP contribution in [0, 0.1) is 0 Å². The van der Waals surface area contributed by atoms with Gasteiger partial charge in [0.2, 0.25) is 5.91 Å². The number of nitrogens with zero attached hydrogens (tertiary/aromatic N) is 1. The molecule has 1 aromatic heterocycles. The van der Waals surface area contributed by atoms with Gasteiger partial charge in [0, 0.05) is 5.69 Å². The Kier molecular flexibility index (Phi) is 7.89. The van der Waals surface area contributed by atoms with E-state index < -0.39 is 10.0 Å². The second kappa shape index (κ2) is 11.0. The zero-order chi connectivity index (χ0) is 27.5. The largest absolute Gasteiger partial charge is 0.497 e. The van der Waals surface area contributed by atoms with Gasteiger partial charge in [0.05, 0.1) is 30.6 Å². The van der Waals surface area contributed by atoms with Crippen molar-refractivity contribution >= 4 is 50.2 Å². The Morgan fingerprint density at radius 2 is 1.74 bits per heavy atom. The molecule has 0 bridgehead atoms. The number of anilines is 2. The molecule has 3 aromatic carbocycles. The Labute approximate surface area is 226 Å². The van der Waals surface area contributed by atoms with Crippen molar-refractivity contribution in [2.75, 3.05) is 30.0 Å². The van der Waals surface area contributed by atoms with E-state index >= 15 is 0 Å². The van der Waals surface area contributed by atoms with Crippen molar-refractivity contribution in [1.82, 2.24) is 4.98 Å². The van der Waals surface area contributed by atoms with Gasteiger partial charge in [-0.3, -0.25) is 9.52 Å². The van der Waals surface area contributed by atoms with E-state index in [1.807, 2.05) is 18.2 Å². The Hall–Kier alpha value is -3.70. The van der Waals surface area contributed by atoms with Gasteiger partial charge >= 0.3 is 0 Å². The van der Waals surface area contributed by atoms with Crippen molar-refractivity contribution in [3.63, 3.8) is 0 Å². The van der Waals surface area contributed by atoms with E-state index in [1.165, 1.54) is 25.3 Å². The summed E-state index contributed by atoms with van der Waals surface area (Å²) < 4.78 is 44.5. The molecule has 0 aliphatic rings. The van der Waals surface area contributed by atoms with Crippen molar-refractivity contribution in [3.8, 4) is 11.5 Å². The first kappa shape index (κ1) is 27.3. The summed E-state index contributed by atoms with van der Waals surface area (Å²) in [7, 11) is -0.764. The predicted octanol–water partition coefficient (Wildman–Crippen LogP) is 5.67. The SMILES string of the molecule is COc1ccc(NS(=O)(=O)c2ccc3oc(SCC(=O)Nc4cc(C(C)(C)C)ccc4OC)nc3c2)cc1. The third-order valence-electron chi connectivity index (χ3n) is 5.66. The van der Waals surface area contributed by atoms with Crippen LogP contribution in [-0.4, -0.2) is 39.3 Å². The van der Waals surface area contributed by atoms with Crippen LogP contribution in [0.25, 0.3) is 11.1 Å². The number of hydrogen-bond donors (Lipinski definition) is 2. The first-order valence-electron chi connectivity index (χ1n) is 11.7. The van der Waals surface area contributed by atoms with E-state index in [9.17, 15) is 13.2 Å². The maximum atomic E-state index is 12.9. The molecule has 0 aliphatic heterocycles. The molecule has 0 aliphatic carbocycles. The lowest BCUT2D eigenvalue weighted by Gasteiger charge is -2.21. The summed E-state index contributed by atoms with van der Waals surface area (Å²) in [6.45, 7) is 6.28. The molecule has 1 amide bonds. The van der Waals surface area contributed by atoms with E-state index in [2.05, 4.69) is 35.8 Å². The van der Waals surface area contributed by atoms with Gasteiger partial charge in [-0.15, -0.1) is 0 Å². The second-order valence-electron chi connectivity index (χ2n) is 9.45. The number of rotatable bonds is 9. The summed E-state index contributed by atoms with van der Waals surface area (Å²) in [5.41, 5.74) is 2.74. The van der Waals surface area contributed by atoms with Gasteiger partial charge in [-0.1, -0.05) is 38.6 Å². The van der Waals surface area contributed by atoms with E-state index in [-0.39, 0.29) is 27.2 Å². The molecule has 11 heteroatoms. The maximum absolute atomic E-state index is 12.9. The normalized spacial score (nSPS) is 11.8. The molecule has 0 unspecified atom stereocenters. The number of oxazole rings is 1. The van der Waals surface area contributed by atoms with Crippen LogP contribution in [0.2, 0.25) is 0 Å². The number of fused-ring (bicyclic) bond motifs is 1. The topological polar surface area (TPSA) is 120 Å². The highest BCUT2D eigenvalue weighted by Gasteiger charge is 2.19. The number of sulfonamides is 1. The molecule has 2 N–H and O–H groups in total. The minimum Gasteiger partial charge on any atom is -0.497 e. The standard InChI is InChI=1S/C27H29N3O6S2/c1-27(2,3)17-6-12-23(35-5)21(14-17)28-25(31)16-37-26-29-22-15-20(11-13-24(22)36-26)38(32,33)30-18-7-9-19(34-4)10-8-18/h6-15,30H,16H2,1-5H3,(H,28,31). The molecule has 0 spiro atoms. The molecule has 4 rings (SSSR count).